The average molecular weight is 226 g/mol. The third-order valence-corrected chi connectivity index (χ3v) is 2.29. The normalized spacial score (nSPS) is 21.3. The van der Waals surface area contributed by atoms with E-state index < -0.39 is 23.5 Å². The van der Waals surface area contributed by atoms with Gasteiger partial charge in [-0.05, 0) is 19.1 Å². The highest BCUT2D eigenvalue weighted by Gasteiger charge is 2.40. The maximum absolute atomic E-state index is 11.7. The van der Waals surface area contributed by atoms with Gasteiger partial charge < -0.3 is 5.32 Å². The Morgan fingerprint density at radius 3 is 2.73 bits per heavy atom. The zero-order valence-electron chi connectivity index (χ0n) is 8.15. The van der Waals surface area contributed by atoms with Crippen LogP contribution in [0.2, 0.25) is 0 Å². The minimum absolute atomic E-state index is 0.0161. The van der Waals surface area contributed by atoms with Crippen molar-refractivity contribution in [1.82, 2.24) is 10.2 Å². The molecule has 2 amide bonds. The van der Waals surface area contributed by atoms with E-state index in [1.54, 1.807) is 0 Å². The van der Waals surface area contributed by atoms with Gasteiger partial charge in [0.2, 0.25) is 11.8 Å². The first-order valence-electron chi connectivity index (χ1n) is 4.26. The fourth-order valence-corrected chi connectivity index (χ4v) is 1.54. The van der Waals surface area contributed by atoms with E-state index in [1.165, 1.54) is 13.0 Å². The molecule has 0 spiro atoms. The molecular weight excluding hydrogens is 216 g/mol. The first-order valence-corrected chi connectivity index (χ1v) is 4.67. The number of Topliss-reactive ketones (excluding diaryl/α,β-unsaturated/α-hetero) is 1. The van der Waals surface area contributed by atoms with Crippen molar-refractivity contribution in [3.63, 3.8) is 0 Å². The van der Waals surface area contributed by atoms with Gasteiger partial charge in [0.25, 0.3) is 0 Å². The van der Waals surface area contributed by atoms with Gasteiger partial charge in [-0.15, -0.1) is 6.58 Å². The van der Waals surface area contributed by atoms with Crippen molar-refractivity contribution in [3.8, 4) is 0 Å². The minimum atomic E-state index is -1.28. The second kappa shape index (κ2) is 4.31. The molecule has 0 aliphatic carbocycles. The van der Waals surface area contributed by atoms with Crippen LogP contribution < -0.4 is 5.32 Å². The van der Waals surface area contributed by atoms with E-state index in [2.05, 4.69) is 11.9 Å². The number of rotatable bonds is 3. The van der Waals surface area contributed by atoms with Crippen molar-refractivity contribution >= 4 is 34.9 Å². The molecule has 1 saturated heterocycles. The Balaban J connectivity index is 2.99. The number of carbonyl (C=O) groups is 3. The maximum Gasteiger partial charge on any atom is 0.249 e. The van der Waals surface area contributed by atoms with E-state index in [4.69, 9.17) is 12.2 Å². The molecule has 0 unspecified atom stereocenters. The SMILES string of the molecule is C=CCN1C(=O)[C@H](C(C)=O)C(=O)NC1=S. The molecule has 15 heavy (non-hydrogen) atoms. The molecule has 1 aliphatic heterocycles. The molecule has 80 valence electrons. The summed E-state index contributed by atoms with van der Waals surface area (Å²) in [4.78, 5) is 35.2. The molecule has 1 fully saturated rings. The Hall–Kier alpha value is -1.56. The molecule has 0 saturated carbocycles. The van der Waals surface area contributed by atoms with Crippen LogP contribution in [-0.2, 0) is 14.4 Å². The maximum atomic E-state index is 11.7. The van der Waals surface area contributed by atoms with Gasteiger partial charge >= 0.3 is 0 Å². The smallest absolute Gasteiger partial charge is 0.249 e. The van der Waals surface area contributed by atoms with E-state index in [0.717, 1.165) is 4.90 Å². The van der Waals surface area contributed by atoms with Gasteiger partial charge in [-0.25, -0.2) is 0 Å². The summed E-state index contributed by atoms with van der Waals surface area (Å²) >= 11 is 4.80. The predicted molar refractivity (Wildman–Crippen MR) is 56.8 cm³/mol. The van der Waals surface area contributed by atoms with Crippen molar-refractivity contribution in [2.24, 2.45) is 5.92 Å². The molecule has 1 heterocycles. The van der Waals surface area contributed by atoms with Gasteiger partial charge in [-0.2, -0.15) is 0 Å². The van der Waals surface area contributed by atoms with E-state index in [0.29, 0.717) is 0 Å². The highest BCUT2D eigenvalue weighted by Crippen LogP contribution is 2.11. The Morgan fingerprint density at radius 2 is 2.27 bits per heavy atom. The summed E-state index contributed by atoms with van der Waals surface area (Å²) < 4.78 is 0. The summed E-state index contributed by atoms with van der Waals surface area (Å²) in [6.07, 6.45) is 1.47. The average Bonchev–Trinajstić information content (AvgIpc) is 2.11. The van der Waals surface area contributed by atoms with Gasteiger partial charge in [0, 0.05) is 6.54 Å². The Kier molecular flexibility index (Phi) is 3.31. The number of hydrogen-bond acceptors (Lipinski definition) is 4. The monoisotopic (exact) mass is 226 g/mol. The highest BCUT2D eigenvalue weighted by molar-refractivity contribution is 7.80. The predicted octanol–water partition coefficient (Wildman–Crippen LogP) is -0.379. The lowest BCUT2D eigenvalue weighted by molar-refractivity contribution is -0.145. The van der Waals surface area contributed by atoms with Crippen LogP contribution in [-0.4, -0.2) is 34.2 Å². The summed E-state index contributed by atoms with van der Waals surface area (Å²) in [5.74, 6) is -3.01. The third-order valence-electron chi connectivity index (χ3n) is 1.97. The van der Waals surface area contributed by atoms with Crippen LogP contribution >= 0.6 is 12.2 Å². The van der Waals surface area contributed by atoms with Crippen molar-refractivity contribution in [3.05, 3.63) is 12.7 Å². The van der Waals surface area contributed by atoms with Crippen LogP contribution in [0.3, 0.4) is 0 Å². The molecule has 1 N–H and O–H groups in total. The Bertz CT molecular complexity index is 364. The summed E-state index contributed by atoms with van der Waals surface area (Å²) in [5.41, 5.74) is 0. The van der Waals surface area contributed by atoms with E-state index in [9.17, 15) is 14.4 Å². The largest absolute Gasteiger partial charge is 0.302 e. The lowest BCUT2D eigenvalue weighted by atomic mass is 10.0. The first kappa shape index (κ1) is 11.5. The van der Waals surface area contributed by atoms with Crippen molar-refractivity contribution < 1.29 is 14.4 Å². The minimum Gasteiger partial charge on any atom is -0.302 e. The number of carbonyl (C=O) groups excluding carboxylic acids is 3. The topological polar surface area (TPSA) is 66.5 Å². The van der Waals surface area contributed by atoms with Crippen molar-refractivity contribution in [2.75, 3.05) is 6.54 Å². The second-order valence-corrected chi connectivity index (χ2v) is 3.46. The lowest BCUT2D eigenvalue weighted by Crippen LogP contribution is -2.59. The standard InChI is InChI=1S/C9H10N2O3S/c1-3-4-11-8(14)6(5(2)12)7(13)10-9(11)15/h3,6H,1,4H2,2H3,(H,10,13,15)/t6-/m1/s1. The van der Waals surface area contributed by atoms with E-state index in [1.807, 2.05) is 0 Å². The Labute approximate surface area is 92.1 Å². The number of amides is 2. The fraction of sp³-hybridized carbons (Fsp3) is 0.333. The molecule has 0 aromatic carbocycles. The van der Waals surface area contributed by atoms with E-state index in [-0.39, 0.29) is 11.7 Å². The van der Waals surface area contributed by atoms with Gasteiger partial charge in [-0.3, -0.25) is 19.3 Å². The third kappa shape index (κ3) is 2.10. The second-order valence-electron chi connectivity index (χ2n) is 3.08. The molecule has 0 bridgehead atoms. The van der Waals surface area contributed by atoms with Gasteiger partial charge in [0.1, 0.15) is 0 Å². The van der Waals surface area contributed by atoms with Crippen LogP contribution in [0.15, 0.2) is 12.7 Å². The van der Waals surface area contributed by atoms with Crippen LogP contribution in [0, 0.1) is 5.92 Å². The zero-order valence-corrected chi connectivity index (χ0v) is 8.97. The van der Waals surface area contributed by atoms with Crippen molar-refractivity contribution in [1.29, 1.82) is 0 Å². The van der Waals surface area contributed by atoms with Crippen molar-refractivity contribution in [2.45, 2.75) is 6.92 Å². The molecular formula is C9H10N2O3S. The van der Waals surface area contributed by atoms with Crippen LogP contribution in [0.4, 0.5) is 0 Å². The number of ketones is 1. The van der Waals surface area contributed by atoms with Gasteiger partial charge in [-0.1, -0.05) is 6.08 Å². The summed E-state index contributed by atoms with van der Waals surface area (Å²) in [6.45, 7) is 4.84. The summed E-state index contributed by atoms with van der Waals surface area (Å²) in [6, 6.07) is 0. The molecule has 0 aromatic heterocycles. The number of hydrogen-bond donors (Lipinski definition) is 1. The zero-order chi connectivity index (χ0) is 11.6. The van der Waals surface area contributed by atoms with Crippen LogP contribution in [0.1, 0.15) is 6.92 Å². The highest BCUT2D eigenvalue weighted by atomic mass is 32.1. The molecule has 0 radical (unpaired) electrons. The molecule has 0 aromatic rings. The molecule has 5 nitrogen and oxygen atoms in total. The summed E-state index contributed by atoms with van der Waals surface area (Å²) in [5, 5.41) is 2.32. The molecule has 6 heteroatoms. The molecule has 1 aliphatic rings. The fourth-order valence-electron chi connectivity index (χ4n) is 1.27. The Morgan fingerprint density at radius 1 is 1.67 bits per heavy atom. The number of nitrogens with zero attached hydrogens (tertiary/aromatic N) is 1. The quantitative estimate of drug-likeness (QED) is 0.405. The van der Waals surface area contributed by atoms with E-state index >= 15 is 0 Å². The van der Waals surface area contributed by atoms with Crippen LogP contribution in [0.5, 0.6) is 0 Å². The lowest BCUT2D eigenvalue weighted by Gasteiger charge is -2.30. The number of thiocarbonyl (C=S) groups is 1. The number of nitrogens with one attached hydrogen (secondary N) is 1. The van der Waals surface area contributed by atoms with Crippen LogP contribution in [0.25, 0.3) is 0 Å². The molecule has 1 rings (SSSR count). The first-order chi connectivity index (χ1) is 6.99. The van der Waals surface area contributed by atoms with Gasteiger partial charge in [0.05, 0.1) is 0 Å². The summed E-state index contributed by atoms with van der Waals surface area (Å²) in [7, 11) is 0. The molecule has 1 atom stereocenters. The van der Waals surface area contributed by atoms with Gasteiger partial charge in [0.15, 0.2) is 16.8 Å².